The molecule has 1 N–H and O–H groups in total. The van der Waals surface area contributed by atoms with Crippen LogP contribution in [0.5, 0.6) is 0 Å². The van der Waals surface area contributed by atoms with Gasteiger partial charge in [0.2, 0.25) is 0 Å². The molecular weight excluding hydrogens is 222 g/mol. The van der Waals surface area contributed by atoms with Crippen LogP contribution in [0, 0.1) is 6.92 Å². The average Bonchev–Trinajstić information content (AvgIpc) is 2.77. The summed E-state index contributed by atoms with van der Waals surface area (Å²) in [5.74, 6) is 0.513. The van der Waals surface area contributed by atoms with Crippen LogP contribution >= 0.6 is 0 Å². The van der Waals surface area contributed by atoms with Gasteiger partial charge in [0.25, 0.3) is 5.89 Å². The van der Waals surface area contributed by atoms with Crippen LogP contribution in [0.25, 0.3) is 0 Å². The number of morpholine rings is 1. The summed E-state index contributed by atoms with van der Waals surface area (Å²) in [6, 6.07) is 0. The number of oxazole rings is 1. The summed E-state index contributed by atoms with van der Waals surface area (Å²) in [6.07, 6.45) is 1.54. The molecular formula is C11H17N3O3. The van der Waals surface area contributed by atoms with E-state index in [4.69, 9.17) is 9.15 Å². The highest BCUT2D eigenvalue weighted by Crippen LogP contribution is 2.01. The first-order valence-electron chi connectivity index (χ1n) is 5.76. The Morgan fingerprint density at radius 1 is 1.53 bits per heavy atom. The molecule has 6 nitrogen and oxygen atoms in total. The van der Waals surface area contributed by atoms with E-state index in [2.05, 4.69) is 15.2 Å². The normalized spacial score (nSPS) is 17.0. The third kappa shape index (κ3) is 3.54. The second-order valence-corrected chi connectivity index (χ2v) is 3.99. The SMILES string of the molecule is Cc1cnc(C(=O)NCCN2CCOCC2)o1. The molecule has 0 aliphatic carbocycles. The third-order valence-electron chi connectivity index (χ3n) is 2.63. The third-order valence-corrected chi connectivity index (χ3v) is 2.63. The monoisotopic (exact) mass is 239 g/mol. The van der Waals surface area contributed by atoms with Crippen LogP contribution in [-0.4, -0.2) is 55.2 Å². The van der Waals surface area contributed by atoms with Crippen LogP contribution in [0.15, 0.2) is 10.6 Å². The van der Waals surface area contributed by atoms with E-state index in [1.807, 2.05) is 0 Å². The summed E-state index contributed by atoms with van der Waals surface area (Å²) < 4.78 is 10.4. The first-order chi connectivity index (χ1) is 8.25. The fraction of sp³-hybridized carbons (Fsp3) is 0.636. The lowest BCUT2D eigenvalue weighted by Gasteiger charge is -2.26. The second-order valence-electron chi connectivity index (χ2n) is 3.99. The number of ether oxygens (including phenoxy) is 1. The van der Waals surface area contributed by atoms with Crippen LogP contribution in [0.4, 0.5) is 0 Å². The summed E-state index contributed by atoms with van der Waals surface area (Å²) in [6.45, 7) is 6.58. The molecule has 0 saturated carbocycles. The maximum Gasteiger partial charge on any atom is 0.307 e. The lowest BCUT2D eigenvalue weighted by molar-refractivity contribution is 0.0382. The van der Waals surface area contributed by atoms with E-state index in [0.717, 1.165) is 32.8 Å². The molecule has 0 atom stereocenters. The minimum Gasteiger partial charge on any atom is -0.438 e. The van der Waals surface area contributed by atoms with Crippen molar-refractivity contribution in [1.29, 1.82) is 0 Å². The van der Waals surface area contributed by atoms with Crippen LogP contribution in [-0.2, 0) is 4.74 Å². The molecule has 2 heterocycles. The highest BCUT2D eigenvalue weighted by Gasteiger charge is 2.13. The standard InChI is InChI=1S/C11H17N3O3/c1-9-8-13-11(17-9)10(15)12-2-3-14-4-6-16-7-5-14/h8H,2-7H2,1H3,(H,12,15). The van der Waals surface area contributed by atoms with Gasteiger partial charge in [-0.05, 0) is 6.92 Å². The first kappa shape index (κ1) is 12.1. The number of carbonyl (C=O) groups excluding carboxylic acids is 1. The summed E-state index contributed by atoms with van der Waals surface area (Å²) in [5.41, 5.74) is 0. The van der Waals surface area contributed by atoms with Crippen molar-refractivity contribution in [3.05, 3.63) is 17.8 Å². The van der Waals surface area contributed by atoms with E-state index >= 15 is 0 Å². The topological polar surface area (TPSA) is 67.6 Å². The summed E-state index contributed by atoms with van der Waals surface area (Å²) in [5, 5.41) is 2.78. The molecule has 0 radical (unpaired) electrons. The van der Waals surface area contributed by atoms with E-state index in [-0.39, 0.29) is 11.8 Å². The molecule has 1 saturated heterocycles. The van der Waals surface area contributed by atoms with Gasteiger partial charge in [-0.3, -0.25) is 9.69 Å². The number of nitrogens with zero attached hydrogens (tertiary/aromatic N) is 2. The molecule has 94 valence electrons. The molecule has 1 aliphatic rings. The molecule has 1 fully saturated rings. The number of hydrogen-bond donors (Lipinski definition) is 1. The zero-order valence-electron chi connectivity index (χ0n) is 9.94. The van der Waals surface area contributed by atoms with Gasteiger partial charge in [-0.15, -0.1) is 0 Å². The summed E-state index contributed by atoms with van der Waals surface area (Å²) in [4.78, 5) is 17.7. The Morgan fingerprint density at radius 3 is 2.94 bits per heavy atom. The Kier molecular flexibility index (Phi) is 4.11. The van der Waals surface area contributed by atoms with Crippen molar-refractivity contribution in [2.24, 2.45) is 0 Å². The van der Waals surface area contributed by atoms with Gasteiger partial charge in [-0.1, -0.05) is 0 Å². The van der Waals surface area contributed by atoms with Crippen molar-refractivity contribution in [3.8, 4) is 0 Å². The number of amides is 1. The molecule has 1 aromatic rings. The van der Waals surface area contributed by atoms with Crippen molar-refractivity contribution in [2.45, 2.75) is 6.92 Å². The number of aromatic nitrogens is 1. The number of nitrogens with one attached hydrogen (secondary N) is 1. The highest BCUT2D eigenvalue weighted by molar-refractivity contribution is 5.89. The Hall–Kier alpha value is -1.40. The van der Waals surface area contributed by atoms with Gasteiger partial charge in [0, 0.05) is 26.2 Å². The first-order valence-corrected chi connectivity index (χ1v) is 5.76. The zero-order valence-corrected chi connectivity index (χ0v) is 9.94. The summed E-state index contributed by atoms with van der Waals surface area (Å²) in [7, 11) is 0. The van der Waals surface area contributed by atoms with Gasteiger partial charge in [-0.25, -0.2) is 4.98 Å². The Bertz CT molecular complexity index is 372. The number of carbonyl (C=O) groups is 1. The van der Waals surface area contributed by atoms with E-state index in [1.165, 1.54) is 6.20 Å². The molecule has 17 heavy (non-hydrogen) atoms. The van der Waals surface area contributed by atoms with Gasteiger partial charge in [0.1, 0.15) is 5.76 Å². The van der Waals surface area contributed by atoms with Gasteiger partial charge in [0.05, 0.1) is 19.4 Å². The van der Waals surface area contributed by atoms with Crippen molar-refractivity contribution in [1.82, 2.24) is 15.2 Å². The van der Waals surface area contributed by atoms with E-state index in [1.54, 1.807) is 6.92 Å². The Morgan fingerprint density at radius 2 is 2.29 bits per heavy atom. The average molecular weight is 239 g/mol. The molecule has 0 bridgehead atoms. The van der Waals surface area contributed by atoms with Crippen molar-refractivity contribution in [2.75, 3.05) is 39.4 Å². The van der Waals surface area contributed by atoms with Crippen molar-refractivity contribution < 1.29 is 13.9 Å². The minimum atomic E-state index is -0.258. The lowest BCUT2D eigenvalue weighted by Crippen LogP contribution is -2.41. The van der Waals surface area contributed by atoms with Crippen LogP contribution in [0.3, 0.4) is 0 Å². The van der Waals surface area contributed by atoms with Crippen LogP contribution < -0.4 is 5.32 Å². The minimum absolute atomic E-state index is 0.129. The fourth-order valence-corrected chi connectivity index (χ4v) is 1.69. The second kappa shape index (κ2) is 5.79. The van der Waals surface area contributed by atoms with Crippen molar-refractivity contribution in [3.63, 3.8) is 0 Å². The highest BCUT2D eigenvalue weighted by atomic mass is 16.5. The number of rotatable bonds is 4. The lowest BCUT2D eigenvalue weighted by atomic mass is 10.4. The molecule has 2 rings (SSSR count). The maximum atomic E-state index is 11.6. The zero-order chi connectivity index (χ0) is 12.1. The van der Waals surface area contributed by atoms with Crippen molar-refractivity contribution >= 4 is 5.91 Å². The number of hydrogen-bond acceptors (Lipinski definition) is 5. The molecule has 0 aromatic carbocycles. The predicted molar refractivity (Wildman–Crippen MR) is 60.8 cm³/mol. The van der Waals surface area contributed by atoms with Gasteiger partial charge >= 0.3 is 5.91 Å². The number of aryl methyl sites for hydroxylation is 1. The van der Waals surface area contributed by atoms with Gasteiger partial charge in [0.15, 0.2) is 0 Å². The predicted octanol–water partition coefficient (Wildman–Crippen LogP) is 0.0450. The largest absolute Gasteiger partial charge is 0.438 e. The van der Waals surface area contributed by atoms with E-state index in [9.17, 15) is 4.79 Å². The smallest absolute Gasteiger partial charge is 0.307 e. The van der Waals surface area contributed by atoms with E-state index in [0.29, 0.717) is 12.3 Å². The Labute approximate surface area is 99.9 Å². The molecule has 1 aliphatic heterocycles. The summed E-state index contributed by atoms with van der Waals surface area (Å²) >= 11 is 0. The van der Waals surface area contributed by atoms with Gasteiger partial charge < -0.3 is 14.5 Å². The molecule has 0 unspecified atom stereocenters. The molecule has 6 heteroatoms. The maximum absolute atomic E-state index is 11.6. The fourth-order valence-electron chi connectivity index (χ4n) is 1.69. The quantitative estimate of drug-likeness (QED) is 0.803. The molecule has 1 aromatic heterocycles. The molecule has 0 spiro atoms. The van der Waals surface area contributed by atoms with E-state index < -0.39 is 0 Å². The molecule has 1 amide bonds. The van der Waals surface area contributed by atoms with Crippen LogP contribution in [0.1, 0.15) is 16.4 Å². The van der Waals surface area contributed by atoms with Crippen LogP contribution in [0.2, 0.25) is 0 Å². The Balaban J connectivity index is 1.69. The van der Waals surface area contributed by atoms with Gasteiger partial charge in [-0.2, -0.15) is 0 Å².